The molecule has 0 aliphatic carbocycles. The highest BCUT2D eigenvalue weighted by molar-refractivity contribution is 7.91. The molecule has 0 atom stereocenters. The molecule has 2 aliphatic rings. The summed E-state index contributed by atoms with van der Waals surface area (Å²) >= 11 is 8.40. The summed E-state index contributed by atoms with van der Waals surface area (Å²) in [4.78, 5) is 16.5. The van der Waals surface area contributed by atoms with E-state index < -0.39 is 10.0 Å². The zero-order chi connectivity index (χ0) is 20.9. The molecule has 2 aliphatic heterocycles. The minimum absolute atomic E-state index is 0.0666. The average Bonchev–Trinajstić information content (AvgIpc) is 3.40. The predicted octanol–water partition coefficient (Wildman–Crippen LogP) is 4.17. The summed E-state index contributed by atoms with van der Waals surface area (Å²) < 4.78 is 33.4. The largest absolute Gasteiger partial charge is 0.488 e. The third-order valence-electron chi connectivity index (χ3n) is 5.20. The van der Waals surface area contributed by atoms with Crippen molar-refractivity contribution >= 4 is 50.2 Å². The Morgan fingerprint density at radius 2 is 1.80 bits per heavy atom. The fourth-order valence-electron chi connectivity index (χ4n) is 3.66. The first kappa shape index (κ1) is 20.0. The van der Waals surface area contributed by atoms with Crippen LogP contribution < -0.4 is 4.74 Å². The van der Waals surface area contributed by atoms with E-state index in [-0.39, 0.29) is 23.2 Å². The van der Waals surface area contributed by atoms with Crippen molar-refractivity contribution in [3.05, 3.63) is 57.2 Å². The smallest absolute Gasteiger partial charge is 0.264 e. The first-order valence-electron chi connectivity index (χ1n) is 9.33. The van der Waals surface area contributed by atoms with Gasteiger partial charge in [-0.2, -0.15) is 4.31 Å². The number of fused-ring (bicyclic) bond motifs is 3. The maximum absolute atomic E-state index is 13.1. The Balaban J connectivity index is 1.31. The van der Waals surface area contributed by atoms with Crippen LogP contribution in [0.4, 0.5) is 0 Å². The fraction of sp³-hybridized carbons (Fsp3) is 0.250. The molecule has 0 bridgehead atoms. The third kappa shape index (κ3) is 3.44. The van der Waals surface area contributed by atoms with Gasteiger partial charge in [0.15, 0.2) is 0 Å². The Hall–Kier alpha value is -1.91. The molecule has 30 heavy (non-hydrogen) atoms. The number of rotatable bonds is 3. The van der Waals surface area contributed by atoms with Gasteiger partial charge in [0.25, 0.3) is 15.9 Å². The van der Waals surface area contributed by atoms with Crippen molar-refractivity contribution in [1.82, 2.24) is 9.21 Å². The maximum Gasteiger partial charge on any atom is 0.264 e. The lowest BCUT2D eigenvalue weighted by Gasteiger charge is -2.33. The van der Waals surface area contributed by atoms with Gasteiger partial charge in [0.05, 0.1) is 9.21 Å². The van der Waals surface area contributed by atoms with E-state index in [4.69, 9.17) is 16.3 Å². The minimum Gasteiger partial charge on any atom is -0.488 e. The van der Waals surface area contributed by atoms with E-state index in [2.05, 4.69) is 0 Å². The zero-order valence-corrected chi connectivity index (χ0v) is 18.9. The van der Waals surface area contributed by atoms with E-state index in [0.717, 1.165) is 33.1 Å². The second-order valence-electron chi connectivity index (χ2n) is 7.00. The second-order valence-corrected chi connectivity index (χ2v) is 11.9. The van der Waals surface area contributed by atoms with Crippen LogP contribution in [0.25, 0.3) is 10.4 Å². The van der Waals surface area contributed by atoms with Crippen LogP contribution in [0.15, 0.2) is 46.7 Å². The van der Waals surface area contributed by atoms with Crippen molar-refractivity contribution in [3.8, 4) is 16.2 Å². The molecule has 1 amide bonds. The molecule has 0 spiro atoms. The number of piperazine rings is 1. The monoisotopic (exact) mass is 480 g/mol. The molecule has 1 aromatic carbocycles. The molecular weight excluding hydrogens is 464 g/mol. The summed E-state index contributed by atoms with van der Waals surface area (Å²) in [6, 6.07) is 12.8. The van der Waals surface area contributed by atoms with Crippen molar-refractivity contribution in [1.29, 1.82) is 0 Å². The Morgan fingerprint density at radius 1 is 1.03 bits per heavy atom. The molecule has 3 aromatic rings. The summed E-state index contributed by atoms with van der Waals surface area (Å²) in [5, 5.41) is 0. The van der Waals surface area contributed by atoms with Crippen molar-refractivity contribution in [2.24, 2.45) is 0 Å². The standard InChI is InChI=1S/C20H17ClN2O4S3/c21-17-5-6-18(29-17)30(25,26)23-9-7-22(8-10-23)20(24)16-11-13-12-27-15-4-2-1-3-14(15)19(13)28-16/h1-6,11H,7-10,12H2. The fourth-order valence-corrected chi connectivity index (χ4v) is 7.88. The van der Waals surface area contributed by atoms with E-state index in [1.54, 1.807) is 11.0 Å². The summed E-state index contributed by atoms with van der Waals surface area (Å²) in [5.74, 6) is 0.765. The SMILES string of the molecule is O=C(c1cc2c(s1)-c1ccccc1OC2)N1CCN(S(=O)(=O)c2ccc(Cl)s2)CC1. The number of nitrogens with zero attached hydrogens (tertiary/aromatic N) is 2. The molecule has 0 unspecified atom stereocenters. The average molecular weight is 481 g/mol. The Bertz CT molecular complexity index is 1230. The van der Waals surface area contributed by atoms with Gasteiger partial charge in [-0.1, -0.05) is 23.7 Å². The van der Waals surface area contributed by atoms with Crippen LogP contribution in [0.5, 0.6) is 5.75 Å². The van der Waals surface area contributed by atoms with Gasteiger partial charge in [-0.15, -0.1) is 22.7 Å². The van der Waals surface area contributed by atoms with Gasteiger partial charge in [0, 0.05) is 42.2 Å². The highest BCUT2D eigenvalue weighted by atomic mass is 35.5. The first-order valence-corrected chi connectivity index (χ1v) is 12.8. The van der Waals surface area contributed by atoms with Gasteiger partial charge >= 0.3 is 0 Å². The van der Waals surface area contributed by atoms with Crippen LogP contribution in [0.2, 0.25) is 4.34 Å². The van der Waals surface area contributed by atoms with Crippen LogP contribution in [0, 0.1) is 0 Å². The molecule has 6 nitrogen and oxygen atoms in total. The number of ether oxygens (including phenoxy) is 1. The molecular formula is C20H17ClN2O4S3. The van der Waals surface area contributed by atoms with E-state index >= 15 is 0 Å². The maximum atomic E-state index is 13.1. The lowest BCUT2D eigenvalue weighted by atomic mass is 10.1. The number of halogens is 1. The lowest BCUT2D eigenvalue weighted by molar-refractivity contribution is 0.0703. The van der Waals surface area contributed by atoms with Crippen LogP contribution in [-0.4, -0.2) is 49.7 Å². The molecule has 5 rings (SSSR count). The third-order valence-corrected chi connectivity index (χ3v) is 10.00. The lowest BCUT2D eigenvalue weighted by Crippen LogP contribution is -2.50. The van der Waals surface area contributed by atoms with E-state index in [1.165, 1.54) is 21.7 Å². The van der Waals surface area contributed by atoms with E-state index in [0.29, 0.717) is 28.9 Å². The highest BCUT2D eigenvalue weighted by Crippen LogP contribution is 2.42. The summed E-state index contributed by atoms with van der Waals surface area (Å²) in [7, 11) is -3.58. The van der Waals surface area contributed by atoms with Crippen molar-refractivity contribution in [2.75, 3.05) is 26.2 Å². The Kier molecular flexibility index (Phi) is 5.11. The Morgan fingerprint density at radius 3 is 2.53 bits per heavy atom. The molecule has 1 fully saturated rings. The number of benzene rings is 1. The number of carbonyl (C=O) groups excluding carboxylic acids is 1. The number of amides is 1. The normalized spacial score (nSPS) is 16.6. The van der Waals surface area contributed by atoms with E-state index in [9.17, 15) is 13.2 Å². The summed E-state index contributed by atoms with van der Waals surface area (Å²) in [6.07, 6.45) is 0. The molecule has 0 N–H and O–H groups in total. The van der Waals surface area contributed by atoms with Gasteiger partial charge in [0.2, 0.25) is 0 Å². The van der Waals surface area contributed by atoms with Gasteiger partial charge < -0.3 is 9.64 Å². The van der Waals surface area contributed by atoms with Gasteiger partial charge in [-0.3, -0.25) is 4.79 Å². The van der Waals surface area contributed by atoms with Crippen LogP contribution in [0.1, 0.15) is 15.2 Å². The minimum atomic E-state index is -3.58. The number of hydrogen-bond donors (Lipinski definition) is 0. The number of para-hydroxylation sites is 1. The zero-order valence-electron chi connectivity index (χ0n) is 15.7. The van der Waals surface area contributed by atoms with Gasteiger partial charge in [0.1, 0.15) is 16.6 Å². The molecule has 2 aromatic heterocycles. The predicted molar refractivity (Wildman–Crippen MR) is 118 cm³/mol. The molecule has 156 valence electrons. The molecule has 1 saturated heterocycles. The van der Waals surface area contributed by atoms with Crippen LogP contribution in [-0.2, 0) is 16.6 Å². The number of thiophene rings is 2. The van der Waals surface area contributed by atoms with Crippen molar-refractivity contribution in [3.63, 3.8) is 0 Å². The van der Waals surface area contributed by atoms with Gasteiger partial charge in [-0.25, -0.2) is 8.42 Å². The van der Waals surface area contributed by atoms with Gasteiger partial charge in [-0.05, 0) is 30.3 Å². The summed E-state index contributed by atoms with van der Waals surface area (Å²) in [6.45, 7) is 1.69. The Labute approximate surface area is 187 Å². The number of hydrogen-bond acceptors (Lipinski definition) is 6. The first-order chi connectivity index (χ1) is 14.4. The molecule has 4 heterocycles. The van der Waals surface area contributed by atoms with Crippen molar-refractivity contribution < 1.29 is 17.9 Å². The van der Waals surface area contributed by atoms with Crippen LogP contribution >= 0.6 is 34.3 Å². The molecule has 10 heteroatoms. The van der Waals surface area contributed by atoms with E-state index in [1.807, 2.05) is 30.3 Å². The quantitative estimate of drug-likeness (QED) is 0.564. The van der Waals surface area contributed by atoms with Crippen molar-refractivity contribution in [2.45, 2.75) is 10.8 Å². The topological polar surface area (TPSA) is 66.9 Å². The molecule has 0 radical (unpaired) electrons. The second kappa shape index (κ2) is 7.65. The number of sulfonamides is 1. The highest BCUT2D eigenvalue weighted by Gasteiger charge is 2.32. The van der Waals surface area contributed by atoms with Crippen LogP contribution in [0.3, 0.4) is 0 Å². The number of carbonyl (C=O) groups is 1. The molecule has 0 saturated carbocycles. The summed E-state index contributed by atoms with van der Waals surface area (Å²) in [5.41, 5.74) is 2.02.